The molecule has 0 N–H and O–H groups in total. The van der Waals surface area contributed by atoms with Crippen molar-refractivity contribution >= 4 is 7.32 Å². The highest BCUT2D eigenvalue weighted by molar-refractivity contribution is 6.35. The summed E-state index contributed by atoms with van der Waals surface area (Å²) >= 11 is 0. The maximum atomic E-state index is 6.37. The fourth-order valence-corrected chi connectivity index (χ4v) is 3.35. The molecule has 0 aromatic carbocycles. The van der Waals surface area contributed by atoms with Crippen molar-refractivity contribution in [1.29, 1.82) is 0 Å². The Morgan fingerprint density at radius 3 is 0.677 bits per heavy atom. The molecule has 0 aromatic heterocycles. The molecule has 0 fully saturated rings. The van der Waals surface area contributed by atoms with Crippen LogP contribution in [-0.2, 0) is 14.3 Å². The second-order valence-corrected chi connectivity index (χ2v) is 11.5. The average molecular weight is 444 g/mol. The first kappa shape index (κ1) is 30.8. The van der Waals surface area contributed by atoms with E-state index in [2.05, 4.69) is 83.1 Å². The Bertz CT molecular complexity index is 342. The van der Waals surface area contributed by atoms with Crippen molar-refractivity contribution in [2.24, 2.45) is 35.5 Å². The SMILES string of the molecule is CC(C)CN(CC(C)C)OB(ON(CC(C)C)CC(C)C)ON(CC(C)C)CC(C)C. The van der Waals surface area contributed by atoms with Crippen LogP contribution in [0.3, 0.4) is 0 Å². The van der Waals surface area contributed by atoms with Crippen LogP contribution in [0.2, 0.25) is 0 Å². The third-order valence-electron chi connectivity index (χ3n) is 4.12. The summed E-state index contributed by atoms with van der Waals surface area (Å²) in [6, 6.07) is 0. The summed E-state index contributed by atoms with van der Waals surface area (Å²) in [6.07, 6.45) is 0. The molecule has 186 valence electrons. The minimum Gasteiger partial charge on any atom is -0.296 e. The largest absolute Gasteiger partial charge is 0.692 e. The van der Waals surface area contributed by atoms with Crippen molar-refractivity contribution in [2.45, 2.75) is 83.1 Å². The molecule has 0 aliphatic rings. The van der Waals surface area contributed by atoms with E-state index in [1.54, 1.807) is 0 Å². The van der Waals surface area contributed by atoms with Crippen LogP contribution < -0.4 is 0 Å². The van der Waals surface area contributed by atoms with Crippen LogP contribution in [-0.4, -0.2) is 61.8 Å². The van der Waals surface area contributed by atoms with Crippen LogP contribution >= 0.6 is 0 Å². The van der Waals surface area contributed by atoms with Crippen molar-refractivity contribution in [3.63, 3.8) is 0 Å². The van der Waals surface area contributed by atoms with Crippen molar-refractivity contribution < 1.29 is 14.3 Å². The van der Waals surface area contributed by atoms with Crippen LogP contribution in [0.15, 0.2) is 0 Å². The first-order chi connectivity index (χ1) is 14.3. The molecular formula is C24H54BN3O3. The molecule has 0 heterocycles. The lowest BCUT2D eigenvalue weighted by atomic mass is 10.1. The third-order valence-corrected chi connectivity index (χ3v) is 4.12. The summed E-state index contributed by atoms with van der Waals surface area (Å²) in [6.45, 7) is 31.5. The Kier molecular flexibility index (Phi) is 16.3. The highest BCUT2D eigenvalue weighted by Crippen LogP contribution is 2.14. The molecule has 0 radical (unpaired) electrons. The standard InChI is InChI=1S/C24H54BN3O3/c1-19(2)13-26(14-20(3)4)29-25(30-27(15-21(5)6)16-22(7)8)31-28(17-23(9)10)18-24(11)12/h19-24H,13-18H2,1-12H3. The van der Waals surface area contributed by atoms with Gasteiger partial charge in [-0.25, -0.2) is 15.2 Å². The monoisotopic (exact) mass is 443 g/mol. The molecule has 7 heteroatoms. The average Bonchev–Trinajstić information content (AvgIpc) is 2.50. The lowest BCUT2D eigenvalue weighted by Crippen LogP contribution is -2.49. The number of rotatable bonds is 18. The van der Waals surface area contributed by atoms with E-state index in [4.69, 9.17) is 14.3 Å². The fraction of sp³-hybridized carbons (Fsp3) is 1.00. The van der Waals surface area contributed by atoms with Gasteiger partial charge in [-0.3, -0.25) is 14.3 Å². The lowest BCUT2D eigenvalue weighted by Gasteiger charge is -2.34. The van der Waals surface area contributed by atoms with E-state index < -0.39 is 7.32 Å². The Hall–Kier alpha value is -0.175. The van der Waals surface area contributed by atoms with E-state index in [0.717, 1.165) is 39.3 Å². The van der Waals surface area contributed by atoms with Gasteiger partial charge < -0.3 is 0 Å². The quantitative estimate of drug-likeness (QED) is 0.203. The van der Waals surface area contributed by atoms with Gasteiger partial charge in [-0.1, -0.05) is 83.1 Å². The second-order valence-electron chi connectivity index (χ2n) is 11.5. The van der Waals surface area contributed by atoms with Crippen LogP contribution in [0.25, 0.3) is 0 Å². The predicted molar refractivity (Wildman–Crippen MR) is 133 cm³/mol. The van der Waals surface area contributed by atoms with Gasteiger partial charge in [0.25, 0.3) is 0 Å². The van der Waals surface area contributed by atoms with Crippen LogP contribution in [0.5, 0.6) is 0 Å². The van der Waals surface area contributed by atoms with Gasteiger partial charge in [0, 0.05) is 39.3 Å². The molecule has 0 saturated carbocycles. The smallest absolute Gasteiger partial charge is 0.296 e. The molecule has 0 aliphatic heterocycles. The van der Waals surface area contributed by atoms with Crippen LogP contribution in [0.4, 0.5) is 0 Å². The van der Waals surface area contributed by atoms with Gasteiger partial charge in [-0.05, 0) is 35.5 Å². The minimum atomic E-state index is -0.799. The van der Waals surface area contributed by atoms with Gasteiger partial charge in [-0.15, -0.1) is 0 Å². The molecule has 0 atom stereocenters. The fourth-order valence-electron chi connectivity index (χ4n) is 3.35. The van der Waals surface area contributed by atoms with Gasteiger partial charge in [0.1, 0.15) is 0 Å². The second kappa shape index (κ2) is 16.4. The van der Waals surface area contributed by atoms with Gasteiger partial charge >= 0.3 is 7.32 Å². The summed E-state index contributed by atoms with van der Waals surface area (Å²) in [5.74, 6) is 2.94. The molecule has 0 rings (SSSR count). The molecule has 0 saturated heterocycles. The van der Waals surface area contributed by atoms with Crippen molar-refractivity contribution in [3.05, 3.63) is 0 Å². The molecule has 0 aromatic rings. The molecule has 0 amide bonds. The number of hydrogen-bond acceptors (Lipinski definition) is 6. The topological polar surface area (TPSA) is 37.4 Å². The van der Waals surface area contributed by atoms with Crippen molar-refractivity contribution in [1.82, 2.24) is 15.2 Å². The third kappa shape index (κ3) is 18.0. The zero-order valence-electron chi connectivity index (χ0n) is 22.9. The van der Waals surface area contributed by atoms with E-state index in [-0.39, 0.29) is 0 Å². The zero-order valence-corrected chi connectivity index (χ0v) is 22.9. The van der Waals surface area contributed by atoms with E-state index in [1.165, 1.54) is 0 Å². The van der Waals surface area contributed by atoms with Crippen LogP contribution in [0.1, 0.15) is 83.1 Å². The highest BCUT2D eigenvalue weighted by Gasteiger charge is 2.33. The molecule has 6 nitrogen and oxygen atoms in total. The molecule has 0 spiro atoms. The summed E-state index contributed by atoms with van der Waals surface area (Å²) in [5, 5.41) is 6.06. The predicted octanol–water partition coefficient (Wildman–Crippen LogP) is 5.61. The molecule has 31 heavy (non-hydrogen) atoms. The first-order valence-corrected chi connectivity index (χ1v) is 12.5. The molecule has 0 unspecified atom stereocenters. The molecule has 0 bridgehead atoms. The number of nitrogens with zero attached hydrogens (tertiary/aromatic N) is 3. The summed E-state index contributed by atoms with van der Waals surface area (Å²) in [4.78, 5) is 0. The maximum absolute atomic E-state index is 6.37. The van der Waals surface area contributed by atoms with Gasteiger partial charge in [0.2, 0.25) is 0 Å². The highest BCUT2D eigenvalue weighted by atomic mass is 16.9. The Morgan fingerprint density at radius 1 is 0.387 bits per heavy atom. The Morgan fingerprint density at radius 2 is 0.548 bits per heavy atom. The molecule has 0 aliphatic carbocycles. The Balaban J connectivity index is 5.59. The van der Waals surface area contributed by atoms with E-state index in [0.29, 0.717) is 35.5 Å². The van der Waals surface area contributed by atoms with E-state index in [9.17, 15) is 0 Å². The van der Waals surface area contributed by atoms with E-state index in [1.807, 2.05) is 15.2 Å². The number of hydroxylamine groups is 6. The Labute approximate surface area is 195 Å². The summed E-state index contributed by atoms with van der Waals surface area (Å²) in [5.41, 5.74) is 0. The maximum Gasteiger partial charge on any atom is 0.692 e. The van der Waals surface area contributed by atoms with Gasteiger partial charge in [0.15, 0.2) is 0 Å². The molecular weight excluding hydrogens is 389 g/mol. The number of hydrogen-bond donors (Lipinski definition) is 0. The van der Waals surface area contributed by atoms with Gasteiger partial charge in [0.05, 0.1) is 0 Å². The summed E-state index contributed by atoms with van der Waals surface area (Å²) in [7, 11) is -0.799. The van der Waals surface area contributed by atoms with Crippen molar-refractivity contribution in [3.8, 4) is 0 Å². The summed E-state index contributed by atoms with van der Waals surface area (Å²) < 4.78 is 19.1. The van der Waals surface area contributed by atoms with Crippen LogP contribution in [0, 0.1) is 35.5 Å². The van der Waals surface area contributed by atoms with E-state index >= 15 is 0 Å². The lowest BCUT2D eigenvalue weighted by molar-refractivity contribution is -0.219. The minimum absolute atomic E-state index is 0.490. The first-order valence-electron chi connectivity index (χ1n) is 12.5. The zero-order chi connectivity index (χ0) is 24.1. The normalized spacial score (nSPS) is 13.1. The van der Waals surface area contributed by atoms with Gasteiger partial charge in [-0.2, -0.15) is 0 Å². The van der Waals surface area contributed by atoms with Crippen molar-refractivity contribution in [2.75, 3.05) is 39.3 Å².